The van der Waals surface area contributed by atoms with Gasteiger partial charge in [0.15, 0.2) is 0 Å². The van der Waals surface area contributed by atoms with Crippen molar-refractivity contribution >= 4 is 0 Å². The average Bonchev–Trinajstić information content (AvgIpc) is 2.19. The number of halogens is 1. The van der Waals surface area contributed by atoms with Gasteiger partial charge in [0.2, 0.25) is 0 Å². The fourth-order valence-corrected chi connectivity index (χ4v) is 2.30. The minimum absolute atomic E-state index is 0.266. The summed E-state index contributed by atoms with van der Waals surface area (Å²) in [5, 5.41) is 0. The lowest BCUT2D eigenvalue weighted by Gasteiger charge is -2.42. The summed E-state index contributed by atoms with van der Waals surface area (Å²) in [5.74, 6) is 0.266. The summed E-state index contributed by atoms with van der Waals surface area (Å²) in [6.45, 7) is 13.8. The number of hydrogen-bond acceptors (Lipinski definition) is 1. The molecule has 0 amide bonds. The maximum absolute atomic E-state index is 14.1. The molecule has 1 fully saturated rings. The molecule has 15 heavy (non-hydrogen) atoms. The molecular weight excluding hydrogens is 189 g/mol. The minimum Gasteiger partial charge on any atom is -0.298 e. The van der Waals surface area contributed by atoms with E-state index in [1.165, 1.54) is 0 Å². The van der Waals surface area contributed by atoms with Crippen molar-refractivity contribution in [1.29, 1.82) is 0 Å². The predicted octanol–water partition coefficient (Wildman–Crippen LogP) is 3.88. The van der Waals surface area contributed by atoms with Gasteiger partial charge in [-0.05, 0) is 39.7 Å². The Balaban J connectivity index is 0.000000921. The van der Waals surface area contributed by atoms with E-state index < -0.39 is 5.67 Å². The summed E-state index contributed by atoms with van der Waals surface area (Å²) in [5.41, 5.74) is -0.975. The van der Waals surface area contributed by atoms with Gasteiger partial charge in [-0.3, -0.25) is 4.90 Å². The maximum Gasteiger partial charge on any atom is 0.123 e. The standard InChI is InChI=1S/C11H22FN.C2H6/c1-5-10-6-7-13(9(2)3)8-11(10,4)12;1-2/h9-10H,5-8H2,1-4H3;1-2H3. The molecule has 0 aromatic rings. The summed E-state index contributed by atoms with van der Waals surface area (Å²) in [6, 6.07) is 0.480. The molecular formula is C13H28FN. The average molecular weight is 217 g/mol. The Morgan fingerprint density at radius 2 is 1.93 bits per heavy atom. The predicted molar refractivity (Wildman–Crippen MR) is 66.0 cm³/mol. The first-order chi connectivity index (χ1) is 6.97. The van der Waals surface area contributed by atoms with E-state index in [2.05, 4.69) is 25.7 Å². The summed E-state index contributed by atoms with van der Waals surface area (Å²) >= 11 is 0. The van der Waals surface area contributed by atoms with Gasteiger partial charge in [-0.15, -0.1) is 0 Å². The Hall–Kier alpha value is -0.110. The fraction of sp³-hybridized carbons (Fsp3) is 1.00. The van der Waals surface area contributed by atoms with Crippen molar-refractivity contribution in [3.63, 3.8) is 0 Å². The van der Waals surface area contributed by atoms with E-state index in [1.54, 1.807) is 6.92 Å². The SMILES string of the molecule is CC.CCC1CCN(C(C)C)CC1(C)F. The van der Waals surface area contributed by atoms with Crippen LogP contribution in [-0.4, -0.2) is 29.7 Å². The number of rotatable bonds is 2. The normalized spacial score (nSPS) is 32.4. The van der Waals surface area contributed by atoms with Crippen LogP contribution in [0.15, 0.2) is 0 Å². The maximum atomic E-state index is 14.1. The summed E-state index contributed by atoms with van der Waals surface area (Å²) in [7, 11) is 0. The van der Waals surface area contributed by atoms with E-state index in [-0.39, 0.29) is 5.92 Å². The molecule has 0 saturated carbocycles. The molecule has 0 spiro atoms. The first-order valence-electron chi connectivity index (χ1n) is 6.40. The molecule has 1 aliphatic heterocycles. The largest absolute Gasteiger partial charge is 0.298 e. The van der Waals surface area contributed by atoms with Crippen LogP contribution in [0.1, 0.15) is 54.4 Å². The molecule has 2 atom stereocenters. The number of piperidine rings is 1. The first kappa shape index (κ1) is 14.9. The molecule has 92 valence electrons. The van der Waals surface area contributed by atoms with Crippen LogP contribution in [0.2, 0.25) is 0 Å². The van der Waals surface area contributed by atoms with Crippen molar-refractivity contribution in [2.75, 3.05) is 13.1 Å². The second kappa shape index (κ2) is 6.47. The lowest BCUT2D eigenvalue weighted by molar-refractivity contribution is -0.00862. The number of hydrogen-bond donors (Lipinski definition) is 0. The molecule has 1 aliphatic rings. The Kier molecular flexibility index (Phi) is 6.42. The molecule has 0 radical (unpaired) electrons. The third-order valence-electron chi connectivity index (χ3n) is 3.35. The van der Waals surface area contributed by atoms with Crippen molar-refractivity contribution in [3.8, 4) is 0 Å². The molecule has 1 heterocycles. The molecule has 1 rings (SSSR count). The third kappa shape index (κ3) is 4.10. The van der Waals surface area contributed by atoms with Crippen LogP contribution in [0.4, 0.5) is 4.39 Å². The quantitative estimate of drug-likeness (QED) is 0.678. The minimum atomic E-state index is -0.975. The summed E-state index contributed by atoms with van der Waals surface area (Å²) < 4.78 is 14.1. The smallest absolute Gasteiger partial charge is 0.123 e. The van der Waals surface area contributed by atoms with Crippen molar-refractivity contribution in [3.05, 3.63) is 0 Å². The van der Waals surface area contributed by atoms with E-state index in [1.807, 2.05) is 13.8 Å². The van der Waals surface area contributed by atoms with Gasteiger partial charge in [0.05, 0.1) is 0 Å². The number of nitrogens with zero attached hydrogens (tertiary/aromatic N) is 1. The van der Waals surface area contributed by atoms with Crippen LogP contribution in [0.3, 0.4) is 0 Å². The van der Waals surface area contributed by atoms with Crippen molar-refractivity contribution in [1.82, 2.24) is 4.90 Å². The molecule has 2 heteroatoms. The molecule has 0 aromatic heterocycles. The van der Waals surface area contributed by atoms with E-state index in [0.29, 0.717) is 12.6 Å². The highest BCUT2D eigenvalue weighted by atomic mass is 19.1. The van der Waals surface area contributed by atoms with Crippen LogP contribution < -0.4 is 0 Å². The van der Waals surface area contributed by atoms with Crippen molar-refractivity contribution < 1.29 is 4.39 Å². The Morgan fingerprint density at radius 1 is 1.40 bits per heavy atom. The highest BCUT2D eigenvalue weighted by Gasteiger charge is 2.39. The van der Waals surface area contributed by atoms with Crippen LogP contribution in [0.5, 0.6) is 0 Å². The monoisotopic (exact) mass is 217 g/mol. The van der Waals surface area contributed by atoms with Gasteiger partial charge < -0.3 is 0 Å². The summed E-state index contributed by atoms with van der Waals surface area (Å²) in [6.07, 6.45) is 1.99. The highest BCUT2D eigenvalue weighted by Crippen LogP contribution is 2.33. The molecule has 0 aliphatic carbocycles. The second-order valence-corrected chi connectivity index (χ2v) is 4.74. The van der Waals surface area contributed by atoms with Gasteiger partial charge in [0.1, 0.15) is 5.67 Å². The zero-order chi connectivity index (χ0) is 12.1. The Labute approximate surface area is 95.0 Å². The fourth-order valence-electron chi connectivity index (χ4n) is 2.30. The zero-order valence-corrected chi connectivity index (χ0v) is 11.3. The Bertz CT molecular complexity index is 166. The van der Waals surface area contributed by atoms with Crippen molar-refractivity contribution in [2.45, 2.75) is 66.1 Å². The molecule has 1 saturated heterocycles. The highest BCUT2D eigenvalue weighted by molar-refractivity contribution is 4.91. The van der Waals surface area contributed by atoms with E-state index >= 15 is 0 Å². The number of alkyl halides is 1. The lowest BCUT2D eigenvalue weighted by atomic mass is 9.82. The molecule has 0 bridgehead atoms. The third-order valence-corrected chi connectivity index (χ3v) is 3.35. The van der Waals surface area contributed by atoms with E-state index in [0.717, 1.165) is 19.4 Å². The van der Waals surface area contributed by atoms with Crippen molar-refractivity contribution in [2.24, 2.45) is 5.92 Å². The van der Waals surface area contributed by atoms with E-state index in [9.17, 15) is 4.39 Å². The Morgan fingerprint density at radius 3 is 2.27 bits per heavy atom. The topological polar surface area (TPSA) is 3.24 Å². The second-order valence-electron chi connectivity index (χ2n) is 4.74. The molecule has 1 nitrogen and oxygen atoms in total. The molecule has 0 aromatic carbocycles. The van der Waals surface area contributed by atoms with Gasteiger partial charge in [-0.25, -0.2) is 4.39 Å². The lowest BCUT2D eigenvalue weighted by Crippen LogP contribution is -2.51. The van der Waals surface area contributed by atoms with Gasteiger partial charge in [-0.1, -0.05) is 27.2 Å². The summed E-state index contributed by atoms with van der Waals surface area (Å²) in [4.78, 5) is 2.24. The van der Waals surface area contributed by atoms with Crippen LogP contribution in [0.25, 0.3) is 0 Å². The van der Waals surface area contributed by atoms with Gasteiger partial charge in [0, 0.05) is 12.6 Å². The van der Waals surface area contributed by atoms with Crippen LogP contribution >= 0.6 is 0 Å². The van der Waals surface area contributed by atoms with Crippen LogP contribution in [-0.2, 0) is 0 Å². The van der Waals surface area contributed by atoms with Gasteiger partial charge >= 0.3 is 0 Å². The zero-order valence-electron chi connectivity index (χ0n) is 11.3. The van der Waals surface area contributed by atoms with Gasteiger partial charge in [-0.2, -0.15) is 0 Å². The molecule has 2 unspecified atom stereocenters. The molecule has 0 N–H and O–H groups in total. The van der Waals surface area contributed by atoms with Crippen LogP contribution in [0, 0.1) is 5.92 Å². The van der Waals surface area contributed by atoms with E-state index in [4.69, 9.17) is 0 Å². The first-order valence-corrected chi connectivity index (χ1v) is 6.40. The van der Waals surface area contributed by atoms with Gasteiger partial charge in [0.25, 0.3) is 0 Å². The number of likely N-dealkylation sites (tertiary alicyclic amines) is 1.